The number of carbonyl (C=O) groups excluding carboxylic acids is 1. The molecule has 104 valence electrons. The molecule has 1 aromatic rings. The largest absolute Gasteiger partial charge is 0.353 e. The minimum absolute atomic E-state index is 0.0545. The molecule has 0 atom stereocenters. The molecular formula is C15H23N3O. The average Bonchev–Trinajstić information content (AvgIpc) is 2.44. The minimum atomic E-state index is -0.0921. The van der Waals surface area contributed by atoms with Gasteiger partial charge in [0.15, 0.2) is 0 Å². The van der Waals surface area contributed by atoms with E-state index < -0.39 is 0 Å². The number of nitrogens with one attached hydrogen (secondary N) is 1. The van der Waals surface area contributed by atoms with Crippen LogP contribution in [-0.4, -0.2) is 36.0 Å². The van der Waals surface area contributed by atoms with Crippen LogP contribution in [0.5, 0.6) is 0 Å². The maximum Gasteiger partial charge on any atom is 0.233 e. The van der Waals surface area contributed by atoms with Crippen LogP contribution in [0.4, 0.5) is 0 Å². The lowest BCUT2D eigenvalue weighted by atomic mass is 9.94. The van der Waals surface area contributed by atoms with E-state index in [-0.39, 0.29) is 18.0 Å². The molecule has 0 aromatic heterocycles. The van der Waals surface area contributed by atoms with Crippen molar-refractivity contribution >= 4 is 5.91 Å². The molecule has 0 aliphatic carbocycles. The van der Waals surface area contributed by atoms with Gasteiger partial charge in [0, 0.05) is 25.2 Å². The molecule has 1 aliphatic heterocycles. The van der Waals surface area contributed by atoms with Crippen molar-refractivity contribution in [2.24, 2.45) is 5.73 Å². The zero-order chi connectivity index (χ0) is 13.9. The van der Waals surface area contributed by atoms with Gasteiger partial charge in [0.2, 0.25) is 5.91 Å². The highest BCUT2D eigenvalue weighted by molar-refractivity contribution is 5.77. The molecule has 0 saturated heterocycles. The van der Waals surface area contributed by atoms with E-state index in [0.717, 1.165) is 19.5 Å². The molecule has 4 heteroatoms. The first-order valence-electron chi connectivity index (χ1n) is 6.81. The molecule has 0 fully saturated rings. The SMILES string of the molecule is CC(C)(CNC(=O)CN)N1CCc2ccccc2C1. The first-order chi connectivity index (χ1) is 9.03. The first-order valence-corrected chi connectivity index (χ1v) is 6.81. The Hall–Kier alpha value is -1.39. The Balaban J connectivity index is 2.01. The van der Waals surface area contributed by atoms with E-state index in [0.29, 0.717) is 6.54 Å². The van der Waals surface area contributed by atoms with E-state index in [1.807, 2.05) is 0 Å². The van der Waals surface area contributed by atoms with E-state index in [1.54, 1.807) is 0 Å². The predicted octanol–water partition coefficient (Wildman–Crippen LogP) is 0.898. The number of benzene rings is 1. The average molecular weight is 261 g/mol. The van der Waals surface area contributed by atoms with Crippen LogP contribution in [-0.2, 0) is 17.8 Å². The number of nitrogens with zero attached hydrogens (tertiary/aromatic N) is 1. The topological polar surface area (TPSA) is 58.4 Å². The third kappa shape index (κ3) is 3.33. The Bertz CT molecular complexity index is 456. The van der Waals surface area contributed by atoms with Crippen LogP contribution in [0, 0.1) is 0 Å². The zero-order valence-corrected chi connectivity index (χ0v) is 11.8. The van der Waals surface area contributed by atoms with Crippen LogP contribution in [0.15, 0.2) is 24.3 Å². The molecule has 4 nitrogen and oxygen atoms in total. The Labute approximate surface area is 115 Å². The molecule has 2 rings (SSSR count). The lowest BCUT2D eigenvalue weighted by Gasteiger charge is -2.41. The number of hydrogen-bond acceptors (Lipinski definition) is 3. The second-order valence-corrected chi connectivity index (χ2v) is 5.73. The summed E-state index contributed by atoms with van der Waals surface area (Å²) in [6, 6.07) is 8.58. The Morgan fingerprint density at radius 1 is 1.37 bits per heavy atom. The van der Waals surface area contributed by atoms with E-state index in [1.165, 1.54) is 11.1 Å². The van der Waals surface area contributed by atoms with Crippen molar-refractivity contribution in [1.29, 1.82) is 0 Å². The van der Waals surface area contributed by atoms with Crippen molar-refractivity contribution in [3.05, 3.63) is 35.4 Å². The molecule has 1 aromatic carbocycles. The summed E-state index contributed by atoms with van der Waals surface area (Å²) in [6.45, 7) is 6.99. The third-order valence-corrected chi connectivity index (χ3v) is 3.89. The quantitative estimate of drug-likeness (QED) is 0.846. The summed E-state index contributed by atoms with van der Waals surface area (Å²) in [4.78, 5) is 13.7. The first kappa shape index (κ1) is 14.0. The molecule has 0 bridgehead atoms. The lowest BCUT2D eigenvalue weighted by molar-refractivity contribution is -0.120. The molecule has 1 aliphatic rings. The van der Waals surface area contributed by atoms with Gasteiger partial charge in [-0.2, -0.15) is 0 Å². The normalized spacial score (nSPS) is 15.9. The standard InChI is InChI=1S/C15H23N3O/c1-15(2,11-17-14(19)9-16)18-8-7-12-5-3-4-6-13(12)10-18/h3-6H,7-11,16H2,1-2H3,(H,17,19). The Morgan fingerprint density at radius 3 is 2.74 bits per heavy atom. The molecule has 0 unspecified atom stereocenters. The Kier molecular flexibility index (Phi) is 4.22. The molecule has 1 heterocycles. The highest BCUT2D eigenvalue weighted by Crippen LogP contribution is 2.24. The molecular weight excluding hydrogens is 238 g/mol. The second-order valence-electron chi connectivity index (χ2n) is 5.73. The molecule has 3 N–H and O–H groups in total. The molecule has 0 saturated carbocycles. The van der Waals surface area contributed by atoms with Crippen LogP contribution in [0.3, 0.4) is 0 Å². The number of fused-ring (bicyclic) bond motifs is 1. The number of amides is 1. The summed E-state index contributed by atoms with van der Waals surface area (Å²) in [5.74, 6) is -0.0921. The van der Waals surface area contributed by atoms with E-state index >= 15 is 0 Å². The van der Waals surface area contributed by atoms with Crippen molar-refractivity contribution in [1.82, 2.24) is 10.2 Å². The van der Waals surface area contributed by atoms with E-state index in [2.05, 4.69) is 48.3 Å². The monoisotopic (exact) mass is 261 g/mol. The number of hydrogen-bond donors (Lipinski definition) is 2. The maximum atomic E-state index is 11.3. The molecule has 0 spiro atoms. The van der Waals surface area contributed by atoms with Crippen molar-refractivity contribution in [3.63, 3.8) is 0 Å². The number of carbonyl (C=O) groups is 1. The smallest absolute Gasteiger partial charge is 0.233 e. The van der Waals surface area contributed by atoms with Gasteiger partial charge in [-0.05, 0) is 31.4 Å². The summed E-state index contributed by atoms with van der Waals surface area (Å²) < 4.78 is 0. The van der Waals surface area contributed by atoms with Crippen molar-refractivity contribution < 1.29 is 4.79 Å². The predicted molar refractivity (Wildman–Crippen MR) is 76.7 cm³/mol. The van der Waals surface area contributed by atoms with Crippen molar-refractivity contribution in [3.8, 4) is 0 Å². The van der Waals surface area contributed by atoms with Crippen molar-refractivity contribution in [2.75, 3.05) is 19.6 Å². The molecule has 0 radical (unpaired) electrons. The second kappa shape index (κ2) is 5.72. The highest BCUT2D eigenvalue weighted by atomic mass is 16.1. The molecule has 19 heavy (non-hydrogen) atoms. The number of rotatable bonds is 4. The summed E-state index contributed by atoms with van der Waals surface area (Å²) in [7, 11) is 0. The van der Waals surface area contributed by atoms with Crippen LogP contribution < -0.4 is 11.1 Å². The van der Waals surface area contributed by atoms with Gasteiger partial charge >= 0.3 is 0 Å². The van der Waals surface area contributed by atoms with Gasteiger partial charge in [0.05, 0.1) is 6.54 Å². The third-order valence-electron chi connectivity index (χ3n) is 3.89. The van der Waals surface area contributed by atoms with Crippen LogP contribution in [0.2, 0.25) is 0 Å². The van der Waals surface area contributed by atoms with Crippen molar-refractivity contribution in [2.45, 2.75) is 32.4 Å². The van der Waals surface area contributed by atoms with E-state index in [4.69, 9.17) is 5.73 Å². The number of nitrogens with two attached hydrogens (primary N) is 1. The van der Waals surface area contributed by atoms with Gasteiger partial charge in [0.1, 0.15) is 0 Å². The molecule has 1 amide bonds. The fourth-order valence-corrected chi connectivity index (χ4v) is 2.51. The van der Waals surface area contributed by atoms with Gasteiger partial charge in [-0.1, -0.05) is 24.3 Å². The van der Waals surface area contributed by atoms with Gasteiger partial charge in [-0.3, -0.25) is 9.69 Å². The van der Waals surface area contributed by atoms with Crippen LogP contribution in [0.25, 0.3) is 0 Å². The van der Waals surface area contributed by atoms with Crippen LogP contribution in [0.1, 0.15) is 25.0 Å². The summed E-state index contributed by atoms with van der Waals surface area (Å²) in [5.41, 5.74) is 8.10. The van der Waals surface area contributed by atoms with Gasteiger partial charge < -0.3 is 11.1 Å². The fraction of sp³-hybridized carbons (Fsp3) is 0.533. The fourth-order valence-electron chi connectivity index (χ4n) is 2.51. The van der Waals surface area contributed by atoms with E-state index in [9.17, 15) is 4.79 Å². The summed E-state index contributed by atoms with van der Waals surface area (Å²) in [5, 5.41) is 2.89. The van der Waals surface area contributed by atoms with Gasteiger partial charge in [0.25, 0.3) is 0 Å². The van der Waals surface area contributed by atoms with Gasteiger partial charge in [-0.15, -0.1) is 0 Å². The minimum Gasteiger partial charge on any atom is -0.353 e. The lowest BCUT2D eigenvalue weighted by Crippen LogP contribution is -2.53. The summed E-state index contributed by atoms with van der Waals surface area (Å²) >= 11 is 0. The van der Waals surface area contributed by atoms with Crippen LogP contribution >= 0.6 is 0 Å². The van der Waals surface area contributed by atoms with Gasteiger partial charge in [-0.25, -0.2) is 0 Å². The maximum absolute atomic E-state index is 11.3. The highest BCUT2D eigenvalue weighted by Gasteiger charge is 2.29. The summed E-state index contributed by atoms with van der Waals surface area (Å²) in [6.07, 6.45) is 1.07. The Morgan fingerprint density at radius 2 is 2.05 bits per heavy atom. The zero-order valence-electron chi connectivity index (χ0n) is 11.8.